The van der Waals surface area contributed by atoms with Gasteiger partial charge in [0.25, 0.3) is 0 Å². The molecule has 0 bridgehead atoms. The number of methoxy groups -OCH3 is 1. The fourth-order valence-electron chi connectivity index (χ4n) is 1.61. The summed E-state index contributed by atoms with van der Waals surface area (Å²) in [6, 6.07) is 1.95. The minimum absolute atomic E-state index is 0.239. The number of hydrogen-bond donors (Lipinski definition) is 1. The third-order valence-corrected chi connectivity index (χ3v) is 2.99. The number of ether oxygens (including phenoxy) is 1. The van der Waals surface area contributed by atoms with Crippen LogP contribution in [0.5, 0.6) is 0 Å². The van der Waals surface area contributed by atoms with Crippen LogP contribution in [0.4, 0.5) is 0 Å². The lowest BCUT2D eigenvalue weighted by Gasteiger charge is -2.23. The summed E-state index contributed by atoms with van der Waals surface area (Å²) in [5.74, 6) is 0. The van der Waals surface area contributed by atoms with E-state index in [2.05, 4.69) is 9.97 Å². The Morgan fingerprint density at radius 3 is 3.00 bits per heavy atom. The van der Waals surface area contributed by atoms with Crippen molar-refractivity contribution in [3.05, 3.63) is 23.2 Å². The molecule has 2 aromatic rings. The number of nitrogens with zero attached hydrogens (tertiary/aromatic N) is 2. The Bertz CT molecular complexity index is 556. The Balaban J connectivity index is 2.52. The van der Waals surface area contributed by atoms with Crippen molar-refractivity contribution in [3.63, 3.8) is 0 Å². The van der Waals surface area contributed by atoms with E-state index in [1.165, 1.54) is 0 Å². The van der Waals surface area contributed by atoms with Crippen molar-refractivity contribution < 1.29 is 4.74 Å². The summed E-state index contributed by atoms with van der Waals surface area (Å²) in [5, 5.41) is 0. The van der Waals surface area contributed by atoms with E-state index in [4.69, 9.17) is 17.0 Å². The normalized spacial score (nSPS) is 12.2. The topological polar surface area (TPSA) is 42.8 Å². The van der Waals surface area contributed by atoms with Crippen LogP contribution in [0.2, 0.25) is 0 Å². The van der Waals surface area contributed by atoms with Gasteiger partial charge in [0.05, 0.1) is 29.4 Å². The molecule has 2 rings (SSSR count). The van der Waals surface area contributed by atoms with Crippen LogP contribution in [0.25, 0.3) is 11.0 Å². The van der Waals surface area contributed by atoms with E-state index in [-0.39, 0.29) is 5.60 Å². The first-order valence-corrected chi connectivity index (χ1v) is 5.52. The molecule has 0 saturated heterocycles. The highest BCUT2D eigenvalue weighted by atomic mass is 32.1. The van der Waals surface area contributed by atoms with Gasteiger partial charge in [-0.25, -0.2) is 0 Å². The van der Waals surface area contributed by atoms with Gasteiger partial charge < -0.3 is 14.3 Å². The second-order valence-corrected chi connectivity index (χ2v) is 4.76. The van der Waals surface area contributed by atoms with Gasteiger partial charge >= 0.3 is 0 Å². The Morgan fingerprint density at radius 1 is 1.56 bits per heavy atom. The van der Waals surface area contributed by atoms with Gasteiger partial charge in [-0.2, -0.15) is 0 Å². The SMILES string of the molecule is COC(C)(C)Cn1c(=S)[nH]c2cnccc21. The van der Waals surface area contributed by atoms with Crippen LogP contribution < -0.4 is 0 Å². The molecular formula is C11H15N3OS. The number of aromatic nitrogens is 3. The second-order valence-electron chi connectivity index (χ2n) is 4.37. The number of rotatable bonds is 3. The standard InChI is InChI=1S/C11H15N3OS/c1-11(2,15-3)7-14-9-4-5-12-6-8(9)13-10(14)16/h4-6H,7H2,1-3H3,(H,13,16). The molecule has 5 heteroatoms. The van der Waals surface area contributed by atoms with E-state index < -0.39 is 0 Å². The smallest absolute Gasteiger partial charge is 0.178 e. The Kier molecular flexibility index (Phi) is 2.82. The lowest BCUT2D eigenvalue weighted by Crippen LogP contribution is -2.29. The van der Waals surface area contributed by atoms with Crippen LogP contribution in [0.3, 0.4) is 0 Å². The predicted octanol–water partition coefficient (Wildman–Crippen LogP) is 2.52. The summed E-state index contributed by atoms with van der Waals surface area (Å²) in [5.41, 5.74) is 1.78. The first-order chi connectivity index (χ1) is 7.53. The zero-order valence-electron chi connectivity index (χ0n) is 9.65. The van der Waals surface area contributed by atoms with Crippen molar-refractivity contribution in [2.24, 2.45) is 0 Å². The lowest BCUT2D eigenvalue weighted by atomic mass is 10.1. The third-order valence-electron chi connectivity index (χ3n) is 2.67. The molecule has 0 aliphatic rings. The molecule has 0 aliphatic carbocycles. The van der Waals surface area contributed by atoms with Gasteiger partial charge in [0, 0.05) is 13.3 Å². The average Bonchev–Trinajstić information content (AvgIpc) is 2.56. The molecule has 0 aromatic carbocycles. The van der Waals surface area contributed by atoms with Crippen molar-refractivity contribution in [3.8, 4) is 0 Å². The van der Waals surface area contributed by atoms with Gasteiger partial charge in [0.1, 0.15) is 0 Å². The molecule has 0 atom stereocenters. The molecule has 16 heavy (non-hydrogen) atoms. The monoisotopic (exact) mass is 237 g/mol. The number of imidazole rings is 1. The average molecular weight is 237 g/mol. The van der Waals surface area contributed by atoms with E-state index in [1.54, 1.807) is 19.5 Å². The van der Waals surface area contributed by atoms with Gasteiger partial charge in [-0.05, 0) is 32.1 Å². The Hall–Kier alpha value is -1.20. The maximum Gasteiger partial charge on any atom is 0.178 e. The molecule has 0 saturated carbocycles. The van der Waals surface area contributed by atoms with Crippen LogP contribution in [-0.4, -0.2) is 27.2 Å². The highest BCUT2D eigenvalue weighted by molar-refractivity contribution is 7.71. The molecule has 86 valence electrons. The van der Waals surface area contributed by atoms with Crippen molar-refractivity contribution in [2.75, 3.05) is 7.11 Å². The molecule has 0 amide bonds. The predicted molar refractivity (Wildman–Crippen MR) is 66.0 cm³/mol. The Labute approximate surface area is 99.3 Å². The maximum atomic E-state index is 5.42. The van der Waals surface area contributed by atoms with Crippen LogP contribution >= 0.6 is 12.2 Å². The summed E-state index contributed by atoms with van der Waals surface area (Å²) in [7, 11) is 1.71. The molecule has 4 nitrogen and oxygen atoms in total. The van der Waals surface area contributed by atoms with Crippen LogP contribution in [0.1, 0.15) is 13.8 Å². The highest BCUT2D eigenvalue weighted by Gasteiger charge is 2.19. The summed E-state index contributed by atoms with van der Waals surface area (Å²) in [6.45, 7) is 4.79. The van der Waals surface area contributed by atoms with E-state index >= 15 is 0 Å². The number of H-pyrrole nitrogens is 1. The molecule has 1 N–H and O–H groups in total. The van der Waals surface area contributed by atoms with Crippen molar-refractivity contribution in [1.82, 2.24) is 14.5 Å². The first-order valence-electron chi connectivity index (χ1n) is 5.11. The van der Waals surface area contributed by atoms with Crippen LogP contribution in [-0.2, 0) is 11.3 Å². The largest absolute Gasteiger partial charge is 0.377 e. The third kappa shape index (κ3) is 2.01. The fraction of sp³-hybridized carbons (Fsp3) is 0.455. The van der Waals surface area contributed by atoms with E-state index in [1.807, 2.05) is 24.5 Å². The fourth-order valence-corrected chi connectivity index (χ4v) is 1.89. The molecule has 0 fully saturated rings. The number of pyridine rings is 1. The second kappa shape index (κ2) is 3.99. The number of fused-ring (bicyclic) bond motifs is 1. The highest BCUT2D eigenvalue weighted by Crippen LogP contribution is 2.17. The van der Waals surface area contributed by atoms with E-state index in [9.17, 15) is 0 Å². The lowest BCUT2D eigenvalue weighted by molar-refractivity contribution is 0.00873. The van der Waals surface area contributed by atoms with Gasteiger partial charge in [0.15, 0.2) is 4.77 Å². The summed E-state index contributed by atoms with van der Waals surface area (Å²) in [6.07, 6.45) is 3.54. The quantitative estimate of drug-likeness (QED) is 0.834. The molecule has 0 spiro atoms. The van der Waals surface area contributed by atoms with Crippen molar-refractivity contribution >= 4 is 23.3 Å². The molecule has 0 aliphatic heterocycles. The van der Waals surface area contributed by atoms with Gasteiger partial charge in [-0.15, -0.1) is 0 Å². The van der Waals surface area contributed by atoms with Gasteiger partial charge in [-0.1, -0.05) is 0 Å². The number of aromatic amines is 1. The number of hydrogen-bond acceptors (Lipinski definition) is 3. The maximum absolute atomic E-state index is 5.42. The first kappa shape index (κ1) is 11.3. The van der Waals surface area contributed by atoms with Crippen molar-refractivity contribution in [2.45, 2.75) is 26.0 Å². The molecule has 2 heterocycles. The Morgan fingerprint density at radius 2 is 2.31 bits per heavy atom. The molecule has 0 unspecified atom stereocenters. The van der Waals surface area contributed by atoms with Crippen molar-refractivity contribution in [1.29, 1.82) is 0 Å². The summed E-state index contributed by atoms with van der Waals surface area (Å²) in [4.78, 5) is 7.20. The zero-order chi connectivity index (χ0) is 11.8. The summed E-state index contributed by atoms with van der Waals surface area (Å²) >= 11 is 5.29. The van der Waals surface area contributed by atoms with E-state index in [0.29, 0.717) is 11.3 Å². The van der Waals surface area contributed by atoms with Gasteiger partial charge in [-0.3, -0.25) is 4.98 Å². The molecular weight excluding hydrogens is 222 g/mol. The minimum atomic E-state index is -0.239. The summed E-state index contributed by atoms with van der Waals surface area (Å²) < 4.78 is 8.16. The van der Waals surface area contributed by atoms with Crippen LogP contribution in [0, 0.1) is 4.77 Å². The van der Waals surface area contributed by atoms with Gasteiger partial charge in [0.2, 0.25) is 0 Å². The number of nitrogens with one attached hydrogen (secondary N) is 1. The van der Waals surface area contributed by atoms with E-state index in [0.717, 1.165) is 11.0 Å². The molecule has 2 aromatic heterocycles. The minimum Gasteiger partial charge on any atom is -0.377 e. The van der Waals surface area contributed by atoms with Crippen LogP contribution in [0.15, 0.2) is 18.5 Å². The zero-order valence-corrected chi connectivity index (χ0v) is 10.5. The molecule has 0 radical (unpaired) electrons.